The topological polar surface area (TPSA) is 68.0 Å². The molecule has 3 N–H and O–H groups in total. The van der Waals surface area contributed by atoms with E-state index < -0.39 is 6.04 Å². The number of hydrogen-bond donors (Lipinski definition) is 2. The Labute approximate surface area is 115 Å². The summed E-state index contributed by atoms with van der Waals surface area (Å²) in [7, 11) is 0. The van der Waals surface area contributed by atoms with E-state index in [1.807, 2.05) is 30.3 Å². The Morgan fingerprint density at radius 1 is 1.32 bits per heavy atom. The van der Waals surface area contributed by atoms with Crippen molar-refractivity contribution in [3.05, 3.63) is 46.5 Å². The molecule has 1 aliphatic rings. The van der Waals surface area contributed by atoms with Gasteiger partial charge in [-0.3, -0.25) is 4.79 Å². The van der Waals surface area contributed by atoms with Crippen molar-refractivity contribution in [3.63, 3.8) is 0 Å². The molecule has 1 heterocycles. The van der Waals surface area contributed by atoms with Crippen molar-refractivity contribution in [1.82, 2.24) is 4.98 Å². The van der Waals surface area contributed by atoms with Gasteiger partial charge in [0.15, 0.2) is 5.13 Å². The Hall–Kier alpha value is -1.72. The van der Waals surface area contributed by atoms with Crippen LogP contribution < -0.4 is 11.1 Å². The monoisotopic (exact) mass is 273 g/mol. The minimum Gasteiger partial charge on any atom is -0.316 e. The third kappa shape index (κ3) is 2.52. The number of carbonyl (C=O) groups is 1. The molecule has 1 atom stereocenters. The van der Waals surface area contributed by atoms with E-state index in [4.69, 9.17) is 5.73 Å². The number of amides is 1. The molecule has 98 valence electrons. The van der Waals surface area contributed by atoms with Crippen molar-refractivity contribution in [2.75, 3.05) is 5.32 Å². The number of rotatable bonds is 3. The summed E-state index contributed by atoms with van der Waals surface area (Å²) in [5.74, 6) is -0.210. The molecule has 19 heavy (non-hydrogen) atoms. The SMILES string of the molecule is N[C@H](C(=O)Nc1nc2c(s1)CCC2)c1ccccc1. The molecule has 0 radical (unpaired) electrons. The van der Waals surface area contributed by atoms with Gasteiger partial charge in [-0.15, -0.1) is 11.3 Å². The molecule has 0 fully saturated rings. The van der Waals surface area contributed by atoms with Crippen LogP contribution in [0.15, 0.2) is 30.3 Å². The molecule has 3 rings (SSSR count). The fraction of sp³-hybridized carbons (Fsp3) is 0.286. The lowest BCUT2D eigenvalue weighted by molar-refractivity contribution is -0.117. The van der Waals surface area contributed by atoms with Crippen LogP contribution in [0.25, 0.3) is 0 Å². The summed E-state index contributed by atoms with van der Waals surface area (Å²) < 4.78 is 0. The maximum absolute atomic E-state index is 12.1. The van der Waals surface area contributed by atoms with Gasteiger partial charge < -0.3 is 11.1 Å². The number of thiazole rings is 1. The van der Waals surface area contributed by atoms with Crippen molar-refractivity contribution in [2.24, 2.45) is 5.73 Å². The Morgan fingerprint density at radius 2 is 2.11 bits per heavy atom. The zero-order chi connectivity index (χ0) is 13.2. The van der Waals surface area contributed by atoms with Gasteiger partial charge in [-0.25, -0.2) is 4.98 Å². The lowest BCUT2D eigenvalue weighted by atomic mass is 10.1. The number of nitrogens with two attached hydrogens (primary N) is 1. The Bertz CT molecular complexity index is 572. The molecular weight excluding hydrogens is 258 g/mol. The number of anilines is 1. The van der Waals surface area contributed by atoms with E-state index in [1.165, 1.54) is 11.3 Å². The van der Waals surface area contributed by atoms with Crippen LogP contribution in [-0.4, -0.2) is 10.9 Å². The molecule has 0 bridgehead atoms. The van der Waals surface area contributed by atoms with Gasteiger partial charge in [-0.2, -0.15) is 0 Å². The molecular formula is C14H15N3OS. The third-order valence-corrected chi connectivity index (χ3v) is 4.34. The van der Waals surface area contributed by atoms with Crippen molar-refractivity contribution in [1.29, 1.82) is 0 Å². The summed E-state index contributed by atoms with van der Waals surface area (Å²) in [5.41, 5.74) is 7.88. The van der Waals surface area contributed by atoms with Gasteiger partial charge in [-0.1, -0.05) is 30.3 Å². The van der Waals surface area contributed by atoms with E-state index in [-0.39, 0.29) is 5.91 Å². The highest BCUT2D eigenvalue weighted by molar-refractivity contribution is 7.15. The number of benzene rings is 1. The Morgan fingerprint density at radius 3 is 2.84 bits per heavy atom. The first kappa shape index (κ1) is 12.3. The number of fused-ring (bicyclic) bond motifs is 1. The second-order valence-electron chi connectivity index (χ2n) is 4.62. The Kier molecular flexibility index (Phi) is 3.31. The van der Waals surface area contributed by atoms with Gasteiger partial charge in [0.25, 0.3) is 0 Å². The second kappa shape index (κ2) is 5.11. The van der Waals surface area contributed by atoms with Crippen molar-refractivity contribution in [3.8, 4) is 0 Å². The van der Waals surface area contributed by atoms with Gasteiger partial charge in [0.2, 0.25) is 5.91 Å². The summed E-state index contributed by atoms with van der Waals surface area (Å²) in [6, 6.07) is 8.71. The standard InChI is InChI=1S/C14H15N3OS/c15-12(9-5-2-1-3-6-9)13(18)17-14-16-10-7-4-8-11(10)19-14/h1-3,5-6,12H,4,7-8,15H2,(H,16,17,18)/t12-/m0/s1. The van der Waals surface area contributed by atoms with Crippen LogP contribution >= 0.6 is 11.3 Å². The molecule has 0 saturated heterocycles. The predicted octanol–water partition coefficient (Wildman–Crippen LogP) is 2.27. The average Bonchev–Trinajstić information content (AvgIpc) is 2.99. The maximum Gasteiger partial charge on any atom is 0.247 e. The molecule has 4 nitrogen and oxygen atoms in total. The van der Waals surface area contributed by atoms with E-state index in [9.17, 15) is 4.79 Å². The normalized spacial score (nSPS) is 15.0. The van der Waals surface area contributed by atoms with E-state index in [0.29, 0.717) is 5.13 Å². The van der Waals surface area contributed by atoms with Gasteiger partial charge in [-0.05, 0) is 24.8 Å². The first-order valence-corrected chi connectivity index (χ1v) is 7.15. The van der Waals surface area contributed by atoms with Crippen LogP contribution in [0.4, 0.5) is 5.13 Å². The largest absolute Gasteiger partial charge is 0.316 e. The van der Waals surface area contributed by atoms with Gasteiger partial charge in [0.1, 0.15) is 6.04 Å². The molecule has 0 spiro atoms. The zero-order valence-electron chi connectivity index (χ0n) is 10.4. The maximum atomic E-state index is 12.1. The number of hydrogen-bond acceptors (Lipinski definition) is 4. The lowest BCUT2D eigenvalue weighted by Gasteiger charge is -2.10. The number of nitrogens with zero attached hydrogens (tertiary/aromatic N) is 1. The van der Waals surface area contributed by atoms with Crippen LogP contribution in [0.2, 0.25) is 0 Å². The smallest absolute Gasteiger partial charge is 0.247 e. The van der Waals surface area contributed by atoms with Crippen molar-refractivity contribution >= 4 is 22.4 Å². The summed E-state index contributed by atoms with van der Waals surface area (Å²) in [4.78, 5) is 17.8. The molecule has 1 aliphatic carbocycles. The fourth-order valence-corrected chi connectivity index (χ4v) is 3.29. The fourth-order valence-electron chi connectivity index (χ4n) is 2.24. The summed E-state index contributed by atoms with van der Waals surface area (Å²) in [6.45, 7) is 0. The van der Waals surface area contributed by atoms with Crippen LogP contribution in [0.3, 0.4) is 0 Å². The highest BCUT2D eigenvalue weighted by Gasteiger charge is 2.20. The molecule has 0 unspecified atom stereocenters. The molecule has 1 aromatic heterocycles. The quantitative estimate of drug-likeness (QED) is 0.901. The summed E-state index contributed by atoms with van der Waals surface area (Å²) >= 11 is 1.56. The molecule has 2 aromatic rings. The minimum absolute atomic E-state index is 0.210. The van der Waals surface area contributed by atoms with Crippen molar-refractivity contribution < 1.29 is 4.79 Å². The number of aryl methyl sites for hydroxylation is 2. The van der Waals surface area contributed by atoms with E-state index in [0.717, 1.165) is 24.1 Å². The first-order valence-electron chi connectivity index (χ1n) is 6.34. The predicted molar refractivity (Wildman–Crippen MR) is 76.1 cm³/mol. The number of aromatic nitrogens is 1. The van der Waals surface area contributed by atoms with Crippen LogP contribution in [0, 0.1) is 0 Å². The van der Waals surface area contributed by atoms with Crippen LogP contribution in [0.5, 0.6) is 0 Å². The first-order chi connectivity index (χ1) is 9.24. The molecule has 0 aliphatic heterocycles. The average molecular weight is 273 g/mol. The molecule has 5 heteroatoms. The van der Waals surface area contributed by atoms with Gasteiger partial charge >= 0.3 is 0 Å². The lowest BCUT2D eigenvalue weighted by Crippen LogP contribution is -2.27. The van der Waals surface area contributed by atoms with Gasteiger partial charge in [0.05, 0.1) is 5.69 Å². The summed E-state index contributed by atoms with van der Waals surface area (Å²) in [6.07, 6.45) is 3.27. The molecule has 1 amide bonds. The third-order valence-electron chi connectivity index (χ3n) is 3.27. The molecule has 0 saturated carbocycles. The number of nitrogens with one attached hydrogen (secondary N) is 1. The van der Waals surface area contributed by atoms with E-state index in [1.54, 1.807) is 11.3 Å². The van der Waals surface area contributed by atoms with E-state index >= 15 is 0 Å². The number of carbonyl (C=O) groups excluding carboxylic acids is 1. The van der Waals surface area contributed by atoms with E-state index in [2.05, 4.69) is 10.3 Å². The van der Waals surface area contributed by atoms with Crippen molar-refractivity contribution in [2.45, 2.75) is 25.3 Å². The van der Waals surface area contributed by atoms with Crippen LogP contribution in [-0.2, 0) is 17.6 Å². The van der Waals surface area contributed by atoms with Crippen LogP contribution in [0.1, 0.15) is 28.6 Å². The zero-order valence-corrected chi connectivity index (χ0v) is 11.2. The van der Waals surface area contributed by atoms with Gasteiger partial charge in [0, 0.05) is 4.88 Å². The second-order valence-corrected chi connectivity index (χ2v) is 5.70. The highest BCUT2D eigenvalue weighted by atomic mass is 32.1. The minimum atomic E-state index is -0.653. The Balaban J connectivity index is 1.70. The molecule has 1 aromatic carbocycles. The highest BCUT2D eigenvalue weighted by Crippen LogP contribution is 2.30. The summed E-state index contributed by atoms with van der Waals surface area (Å²) in [5, 5.41) is 3.48.